The van der Waals surface area contributed by atoms with E-state index in [9.17, 15) is 4.79 Å². The van der Waals surface area contributed by atoms with Gasteiger partial charge in [0.1, 0.15) is 11.9 Å². The summed E-state index contributed by atoms with van der Waals surface area (Å²) >= 11 is 4.79. The molecule has 2 aromatic heterocycles. The Kier molecular flexibility index (Phi) is 4.11. The van der Waals surface area contributed by atoms with E-state index in [4.69, 9.17) is 5.73 Å². The molecule has 0 aromatic carbocycles. The van der Waals surface area contributed by atoms with Crippen molar-refractivity contribution in [3.8, 4) is 0 Å². The van der Waals surface area contributed by atoms with Crippen molar-refractivity contribution in [1.29, 1.82) is 0 Å². The van der Waals surface area contributed by atoms with E-state index in [0.29, 0.717) is 5.82 Å². The van der Waals surface area contributed by atoms with Crippen LogP contribution < -0.4 is 11.1 Å². The van der Waals surface area contributed by atoms with Crippen molar-refractivity contribution < 1.29 is 4.79 Å². The normalized spacial score (nSPS) is 12.2. The lowest BCUT2D eigenvalue weighted by molar-refractivity contribution is -0.117. The third-order valence-corrected chi connectivity index (χ3v) is 3.81. The third kappa shape index (κ3) is 2.95. The smallest absolute Gasteiger partial charge is 0.247 e. The van der Waals surface area contributed by atoms with Crippen molar-refractivity contribution >= 4 is 39.0 Å². The number of carbonyl (C=O) groups is 1. The Balaban J connectivity index is 2.12. The highest BCUT2D eigenvalue weighted by atomic mass is 79.9. The van der Waals surface area contributed by atoms with E-state index in [-0.39, 0.29) is 5.91 Å². The molecule has 0 aliphatic rings. The van der Waals surface area contributed by atoms with Gasteiger partial charge in [0.15, 0.2) is 0 Å². The average Bonchev–Trinajstić information content (AvgIpc) is 2.85. The predicted octanol–water partition coefficient (Wildman–Crippen LogP) is 2.85. The van der Waals surface area contributed by atoms with Gasteiger partial charge in [-0.25, -0.2) is 4.98 Å². The number of amides is 1. The molecule has 0 aliphatic heterocycles. The lowest BCUT2D eigenvalue weighted by Gasteiger charge is -2.11. The molecule has 0 saturated heterocycles. The molecule has 2 heterocycles. The van der Waals surface area contributed by atoms with Gasteiger partial charge in [-0.1, -0.05) is 6.07 Å². The largest absolute Gasteiger partial charge is 0.316 e. The Bertz CT molecular complexity index is 556. The van der Waals surface area contributed by atoms with Crippen LogP contribution in [0, 0.1) is 6.92 Å². The van der Waals surface area contributed by atoms with Crippen molar-refractivity contribution in [2.24, 2.45) is 5.73 Å². The van der Waals surface area contributed by atoms with Gasteiger partial charge in [-0.05, 0) is 45.9 Å². The Labute approximate surface area is 117 Å². The number of hydrogen-bond acceptors (Lipinski definition) is 4. The molecule has 2 rings (SSSR count). The molecule has 94 valence electrons. The highest BCUT2D eigenvalue weighted by Gasteiger charge is 2.17. The van der Waals surface area contributed by atoms with Crippen LogP contribution in [0.25, 0.3) is 0 Å². The first kappa shape index (κ1) is 13.2. The second-order valence-electron chi connectivity index (χ2n) is 3.80. The second kappa shape index (κ2) is 5.60. The number of thiophene rings is 1. The molecule has 0 saturated carbocycles. The third-order valence-electron chi connectivity index (χ3n) is 2.42. The Hall–Kier alpha value is -1.24. The maximum atomic E-state index is 12.0. The number of halogens is 1. The van der Waals surface area contributed by atoms with Gasteiger partial charge in [0, 0.05) is 15.5 Å². The first-order valence-corrected chi connectivity index (χ1v) is 6.97. The fraction of sp³-hybridized carbons (Fsp3) is 0.167. The zero-order valence-corrected chi connectivity index (χ0v) is 12.1. The molecule has 1 amide bonds. The molecule has 0 spiro atoms. The average molecular weight is 326 g/mol. The van der Waals surface area contributed by atoms with Crippen LogP contribution in [-0.2, 0) is 4.79 Å². The molecule has 1 atom stereocenters. The van der Waals surface area contributed by atoms with E-state index in [1.54, 1.807) is 6.20 Å². The summed E-state index contributed by atoms with van der Waals surface area (Å²) < 4.78 is 0.876. The highest BCUT2D eigenvalue weighted by molar-refractivity contribution is 9.10. The molecule has 0 aliphatic carbocycles. The van der Waals surface area contributed by atoms with Crippen LogP contribution in [0.3, 0.4) is 0 Å². The first-order chi connectivity index (χ1) is 8.58. The maximum Gasteiger partial charge on any atom is 0.247 e. The number of hydrogen-bond donors (Lipinski definition) is 2. The summed E-state index contributed by atoms with van der Waals surface area (Å²) in [6, 6.07) is 4.95. The zero-order valence-electron chi connectivity index (χ0n) is 9.68. The number of pyridine rings is 1. The van der Waals surface area contributed by atoms with Crippen molar-refractivity contribution in [2.75, 3.05) is 5.32 Å². The Morgan fingerprint density at radius 3 is 3.00 bits per heavy atom. The predicted molar refractivity (Wildman–Crippen MR) is 76.6 cm³/mol. The minimum absolute atomic E-state index is 0.254. The van der Waals surface area contributed by atoms with Gasteiger partial charge in [0.2, 0.25) is 5.91 Å². The SMILES string of the molecule is Cc1cc(Br)cnc1NC(=O)C(N)c1cccs1. The summed E-state index contributed by atoms with van der Waals surface area (Å²) in [6.45, 7) is 1.88. The quantitative estimate of drug-likeness (QED) is 0.911. The Morgan fingerprint density at radius 2 is 2.39 bits per heavy atom. The fourth-order valence-electron chi connectivity index (χ4n) is 1.46. The number of carbonyl (C=O) groups excluding carboxylic acids is 1. The van der Waals surface area contributed by atoms with Crippen molar-refractivity contribution in [2.45, 2.75) is 13.0 Å². The van der Waals surface area contributed by atoms with Gasteiger partial charge >= 0.3 is 0 Å². The van der Waals surface area contributed by atoms with E-state index in [1.807, 2.05) is 30.5 Å². The second-order valence-corrected chi connectivity index (χ2v) is 5.70. The van der Waals surface area contributed by atoms with Gasteiger partial charge in [-0.15, -0.1) is 11.3 Å². The standard InChI is InChI=1S/C12H12BrN3OS/c1-7-5-8(13)6-15-11(7)16-12(17)10(14)9-3-2-4-18-9/h2-6,10H,14H2,1H3,(H,15,16,17). The molecule has 18 heavy (non-hydrogen) atoms. The summed E-state index contributed by atoms with van der Waals surface area (Å²) in [5, 5.41) is 4.63. The molecule has 0 bridgehead atoms. The molecule has 4 nitrogen and oxygen atoms in total. The maximum absolute atomic E-state index is 12.0. The van der Waals surface area contributed by atoms with Gasteiger partial charge in [-0.3, -0.25) is 4.79 Å². The number of nitrogens with zero attached hydrogens (tertiary/aromatic N) is 1. The molecule has 1 unspecified atom stereocenters. The van der Waals surface area contributed by atoms with E-state index in [0.717, 1.165) is 14.9 Å². The summed E-state index contributed by atoms with van der Waals surface area (Å²) in [4.78, 5) is 17.0. The number of nitrogens with two attached hydrogens (primary N) is 1. The van der Waals surface area contributed by atoms with Crippen molar-refractivity contribution in [1.82, 2.24) is 4.98 Å². The van der Waals surface area contributed by atoms with Gasteiger partial charge in [0.25, 0.3) is 0 Å². The number of aryl methyl sites for hydroxylation is 1. The van der Waals surface area contributed by atoms with Gasteiger partial charge < -0.3 is 11.1 Å². The van der Waals surface area contributed by atoms with Crippen LogP contribution in [0.4, 0.5) is 5.82 Å². The fourth-order valence-corrected chi connectivity index (χ4v) is 2.63. The number of anilines is 1. The summed E-state index contributed by atoms with van der Waals surface area (Å²) in [5.41, 5.74) is 6.76. The topological polar surface area (TPSA) is 68.0 Å². The van der Waals surface area contributed by atoms with E-state index < -0.39 is 6.04 Å². The minimum Gasteiger partial charge on any atom is -0.316 e. The molecule has 2 aromatic rings. The zero-order chi connectivity index (χ0) is 13.1. The van der Waals surface area contributed by atoms with Gasteiger partial charge in [0.05, 0.1) is 0 Å². The van der Waals surface area contributed by atoms with E-state index in [1.165, 1.54) is 11.3 Å². The highest BCUT2D eigenvalue weighted by Crippen LogP contribution is 2.20. The molecular weight excluding hydrogens is 314 g/mol. The van der Waals surface area contributed by atoms with Crippen LogP contribution in [-0.4, -0.2) is 10.9 Å². The molecule has 0 radical (unpaired) electrons. The van der Waals surface area contributed by atoms with Crippen LogP contribution in [0.5, 0.6) is 0 Å². The van der Waals surface area contributed by atoms with Crippen LogP contribution in [0.1, 0.15) is 16.5 Å². The summed E-state index contributed by atoms with van der Waals surface area (Å²) in [7, 11) is 0. The molecule has 6 heteroatoms. The summed E-state index contributed by atoms with van der Waals surface area (Å²) in [5.74, 6) is 0.283. The van der Waals surface area contributed by atoms with Crippen LogP contribution in [0.2, 0.25) is 0 Å². The van der Waals surface area contributed by atoms with Crippen LogP contribution >= 0.6 is 27.3 Å². The van der Waals surface area contributed by atoms with E-state index in [2.05, 4.69) is 26.2 Å². The van der Waals surface area contributed by atoms with Crippen molar-refractivity contribution in [3.05, 3.63) is 44.7 Å². The number of aromatic nitrogens is 1. The minimum atomic E-state index is -0.658. The van der Waals surface area contributed by atoms with E-state index >= 15 is 0 Å². The monoisotopic (exact) mass is 325 g/mol. The lowest BCUT2D eigenvalue weighted by atomic mass is 10.2. The van der Waals surface area contributed by atoms with Crippen LogP contribution in [0.15, 0.2) is 34.2 Å². The lowest BCUT2D eigenvalue weighted by Crippen LogP contribution is -2.27. The number of rotatable bonds is 3. The molecule has 3 N–H and O–H groups in total. The Morgan fingerprint density at radius 1 is 1.61 bits per heavy atom. The summed E-state index contributed by atoms with van der Waals surface area (Å²) in [6.07, 6.45) is 1.64. The van der Waals surface area contributed by atoms with Crippen molar-refractivity contribution in [3.63, 3.8) is 0 Å². The number of nitrogens with one attached hydrogen (secondary N) is 1. The molecule has 0 fully saturated rings. The van der Waals surface area contributed by atoms with Gasteiger partial charge in [-0.2, -0.15) is 0 Å². The molecular formula is C12H12BrN3OS. The first-order valence-electron chi connectivity index (χ1n) is 5.30.